The van der Waals surface area contributed by atoms with E-state index in [0.29, 0.717) is 17.8 Å². The molecule has 2 aromatic rings. The number of amides is 1. The summed E-state index contributed by atoms with van der Waals surface area (Å²) in [6, 6.07) is 10.5. The molecule has 4 nitrogen and oxygen atoms in total. The summed E-state index contributed by atoms with van der Waals surface area (Å²) in [5, 5.41) is 0. The molecule has 3 rings (SSSR count). The van der Waals surface area contributed by atoms with E-state index >= 15 is 0 Å². The van der Waals surface area contributed by atoms with Gasteiger partial charge < -0.3 is 4.90 Å². The highest BCUT2D eigenvalue weighted by molar-refractivity contribution is 6.54. The molecule has 0 radical (unpaired) electrons. The van der Waals surface area contributed by atoms with Crippen molar-refractivity contribution in [1.29, 1.82) is 0 Å². The van der Waals surface area contributed by atoms with Crippen molar-refractivity contribution >= 4 is 29.2 Å². The summed E-state index contributed by atoms with van der Waals surface area (Å²) in [6.45, 7) is 3.96. The number of benzene rings is 2. The lowest BCUT2D eigenvalue weighted by Crippen LogP contribution is -2.31. The van der Waals surface area contributed by atoms with Crippen molar-refractivity contribution < 1.29 is 13.6 Å². The number of hydrogen-bond donors (Lipinski definition) is 0. The second-order valence-electron chi connectivity index (χ2n) is 5.63. The molecule has 1 aliphatic rings. The molecule has 1 aliphatic heterocycles. The van der Waals surface area contributed by atoms with Crippen molar-refractivity contribution in [3.8, 4) is 0 Å². The van der Waals surface area contributed by atoms with E-state index in [0.717, 1.165) is 17.8 Å². The van der Waals surface area contributed by atoms with Gasteiger partial charge >= 0.3 is 0 Å². The van der Waals surface area contributed by atoms with Crippen LogP contribution in [0.5, 0.6) is 0 Å². The van der Waals surface area contributed by atoms with Crippen LogP contribution in [-0.4, -0.2) is 24.4 Å². The van der Waals surface area contributed by atoms with Gasteiger partial charge in [0.2, 0.25) is 0 Å². The van der Waals surface area contributed by atoms with Crippen LogP contribution in [0.15, 0.2) is 64.2 Å². The first-order valence-corrected chi connectivity index (χ1v) is 8.14. The molecule has 1 heterocycles. The molecule has 1 amide bonds. The third-order valence-electron chi connectivity index (χ3n) is 3.99. The van der Waals surface area contributed by atoms with E-state index in [2.05, 4.69) is 9.98 Å². The Balaban J connectivity index is 2.04. The molecule has 2 aromatic carbocycles. The highest BCUT2D eigenvalue weighted by Gasteiger charge is 2.34. The summed E-state index contributed by atoms with van der Waals surface area (Å²) in [5.41, 5.74) is 2.48. The summed E-state index contributed by atoms with van der Waals surface area (Å²) >= 11 is 0. The van der Waals surface area contributed by atoms with Gasteiger partial charge in [0.05, 0.1) is 23.6 Å². The maximum atomic E-state index is 13.5. The summed E-state index contributed by atoms with van der Waals surface area (Å²) in [4.78, 5) is 23.0. The lowest BCUT2D eigenvalue weighted by atomic mass is 10.1. The van der Waals surface area contributed by atoms with Gasteiger partial charge in [-0.1, -0.05) is 24.3 Å². The van der Waals surface area contributed by atoms with Gasteiger partial charge in [-0.05, 0) is 32.0 Å². The van der Waals surface area contributed by atoms with Crippen LogP contribution < -0.4 is 4.90 Å². The zero-order valence-electron chi connectivity index (χ0n) is 14.4. The van der Waals surface area contributed by atoms with Gasteiger partial charge in [0, 0.05) is 17.8 Å². The third-order valence-corrected chi connectivity index (χ3v) is 3.99. The topological polar surface area (TPSA) is 45.0 Å². The van der Waals surface area contributed by atoms with Crippen molar-refractivity contribution in [3.63, 3.8) is 0 Å². The number of nitrogens with zero attached hydrogens (tertiary/aromatic N) is 3. The number of halogens is 2. The van der Waals surface area contributed by atoms with Crippen LogP contribution in [-0.2, 0) is 4.79 Å². The van der Waals surface area contributed by atoms with Crippen LogP contribution in [0, 0.1) is 11.6 Å². The average molecular weight is 353 g/mol. The monoisotopic (exact) mass is 353 g/mol. The van der Waals surface area contributed by atoms with E-state index in [9.17, 15) is 13.6 Å². The van der Waals surface area contributed by atoms with Gasteiger partial charge in [-0.2, -0.15) is 0 Å². The minimum Gasteiger partial charge on any atom is -0.300 e. The van der Waals surface area contributed by atoms with Crippen LogP contribution in [0.2, 0.25) is 0 Å². The van der Waals surface area contributed by atoms with Crippen LogP contribution in [0.3, 0.4) is 0 Å². The lowest BCUT2D eigenvalue weighted by molar-refractivity contribution is -0.112. The minimum atomic E-state index is -1.00. The van der Waals surface area contributed by atoms with Gasteiger partial charge in [0.1, 0.15) is 5.71 Å². The van der Waals surface area contributed by atoms with Gasteiger partial charge in [-0.25, -0.2) is 13.8 Å². The smallest absolute Gasteiger partial charge is 0.277 e. The fraction of sp³-hybridized carbons (Fsp3) is 0.150. The Hall–Kier alpha value is -3.15. The molecule has 0 aromatic heterocycles. The van der Waals surface area contributed by atoms with E-state index in [1.165, 1.54) is 6.07 Å². The minimum absolute atomic E-state index is 0.182. The fourth-order valence-corrected chi connectivity index (χ4v) is 2.74. The van der Waals surface area contributed by atoms with Crippen molar-refractivity contribution in [3.05, 3.63) is 71.4 Å². The number of anilines is 1. The Bertz CT molecular complexity index is 948. The molecule has 0 atom stereocenters. The third kappa shape index (κ3) is 3.31. The van der Waals surface area contributed by atoms with Gasteiger partial charge in [-0.3, -0.25) is 9.79 Å². The number of carbonyl (C=O) groups excluding carboxylic acids is 1. The maximum absolute atomic E-state index is 13.5. The summed E-state index contributed by atoms with van der Waals surface area (Å²) < 4.78 is 26.6. The Morgan fingerprint density at radius 3 is 2.58 bits per heavy atom. The summed E-state index contributed by atoms with van der Waals surface area (Å²) in [5.74, 6) is -2.26. The van der Waals surface area contributed by atoms with Gasteiger partial charge in [-0.15, -0.1) is 0 Å². The first-order chi connectivity index (χ1) is 12.5. The van der Waals surface area contributed by atoms with Crippen LogP contribution in [0.4, 0.5) is 20.2 Å². The first-order valence-electron chi connectivity index (χ1n) is 8.14. The van der Waals surface area contributed by atoms with Crippen molar-refractivity contribution in [2.75, 3.05) is 11.4 Å². The number of fused-ring (bicyclic) bond motifs is 1. The molecule has 132 valence electrons. The number of para-hydroxylation sites is 1. The molecular formula is C20H17F2N3O. The Labute approximate surface area is 150 Å². The average Bonchev–Trinajstić information content (AvgIpc) is 2.90. The summed E-state index contributed by atoms with van der Waals surface area (Å²) in [7, 11) is 0. The normalized spacial score (nSPS) is 16.0. The largest absolute Gasteiger partial charge is 0.300 e. The zero-order valence-corrected chi connectivity index (χ0v) is 14.4. The van der Waals surface area contributed by atoms with Crippen LogP contribution in [0.1, 0.15) is 19.4 Å². The van der Waals surface area contributed by atoms with Crippen molar-refractivity contribution in [1.82, 2.24) is 0 Å². The molecule has 26 heavy (non-hydrogen) atoms. The molecule has 0 aliphatic carbocycles. The number of rotatable bonds is 4. The molecule has 0 saturated heterocycles. The molecule has 0 N–H and O–H groups in total. The molecule has 0 bridgehead atoms. The van der Waals surface area contributed by atoms with E-state index in [1.807, 2.05) is 25.1 Å². The Morgan fingerprint density at radius 2 is 1.88 bits per heavy atom. The molecule has 0 fully saturated rings. The lowest BCUT2D eigenvalue weighted by Gasteiger charge is -2.16. The van der Waals surface area contributed by atoms with E-state index < -0.39 is 11.6 Å². The van der Waals surface area contributed by atoms with Crippen molar-refractivity contribution in [2.24, 2.45) is 9.98 Å². The van der Waals surface area contributed by atoms with E-state index in [4.69, 9.17) is 0 Å². The zero-order chi connectivity index (χ0) is 18.7. The SMILES string of the molecule is CC=N/C(=C\C)CN1C(=O)C(=Nc2ccc(F)c(F)c2)c2ccccc21. The molecule has 6 heteroatoms. The summed E-state index contributed by atoms with van der Waals surface area (Å²) in [6.07, 6.45) is 3.50. The van der Waals surface area contributed by atoms with E-state index in [1.54, 1.807) is 30.2 Å². The Morgan fingerprint density at radius 1 is 1.12 bits per heavy atom. The van der Waals surface area contributed by atoms with Gasteiger partial charge in [0.15, 0.2) is 11.6 Å². The number of hydrogen-bond acceptors (Lipinski definition) is 3. The second-order valence-corrected chi connectivity index (χ2v) is 5.63. The molecular weight excluding hydrogens is 336 g/mol. The highest BCUT2D eigenvalue weighted by Crippen LogP contribution is 2.31. The fourth-order valence-electron chi connectivity index (χ4n) is 2.74. The van der Waals surface area contributed by atoms with Gasteiger partial charge in [0.25, 0.3) is 5.91 Å². The van der Waals surface area contributed by atoms with E-state index in [-0.39, 0.29) is 17.3 Å². The second kappa shape index (κ2) is 7.39. The number of aliphatic imine (C=N–C) groups is 2. The maximum Gasteiger partial charge on any atom is 0.277 e. The van der Waals surface area contributed by atoms with Crippen LogP contribution in [0.25, 0.3) is 0 Å². The predicted octanol–water partition coefficient (Wildman–Crippen LogP) is 4.43. The number of carbonyl (C=O) groups is 1. The Kier molecular flexibility index (Phi) is 5.02. The first kappa shape index (κ1) is 17.7. The predicted molar refractivity (Wildman–Crippen MR) is 99.3 cm³/mol. The molecule has 0 unspecified atom stereocenters. The highest BCUT2D eigenvalue weighted by atomic mass is 19.2. The molecule has 0 spiro atoms. The standard InChI is InChI=1S/C20H17F2N3O/c1-3-13(23-4-2)12-25-18-8-6-5-7-15(18)19(20(25)26)24-14-9-10-16(21)17(22)11-14/h3-11H,12H2,1-2H3/b13-3-,23-4?,24-19?. The quantitative estimate of drug-likeness (QED) is 0.750. The van der Waals surface area contributed by atoms with Crippen LogP contribution >= 0.6 is 0 Å². The van der Waals surface area contributed by atoms with Crippen molar-refractivity contribution in [2.45, 2.75) is 13.8 Å². The molecule has 0 saturated carbocycles. The number of allylic oxidation sites excluding steroid dienone is 1.